The quantitative estimate of drug-likeness (QED) is 0.784. The Hall–Kier alpha value is -2.11. The highest BCUT2D eigenvalue weighted by Gasteiger charge is 2.12. The molecule has 0 saturated heterocycles. The lowest BCUT2D eigenvalue weighted by Crippen LogP contribution is -2.08. The lowest BCUT2D eigenvalue weighted by molar-refractivity contribution is -0.111. The third-order valence-corrected chi connectivity index (χ3v) is 3.82. The van der Waals surface area contributed by atoms with E-state index in [1.54, 1.807) is 35.0 Å². The average molecular weight is 348 g/mol. The van der Waals surface area contributed by atoms with E-state index >= 15 is 0 Å². The first-order valence-corrected chi connectivity index (χ1v) is 8.20. The Bertz CT molecular complexity index is 751. The molecule has 5 nitrogen and oxygen atoms in total. The highest BCUT2D eigenvalue weighted by molar-refractivity contribution is 6.31. The van der Waals surface area contributed by atoms with E-state index in [4.69, 9.17) is 16.7 Å². The molecule has 2 N–H and O–H groups in total. The van der Waals surface area contributed by atoms with Crippen molar-refractivity contribution in [3.05, 3.63) is 52.3 Å². The number of rotatable bonds is 6. The maximum Gasteiger partial charge on any atom is 0.248 e. The number of aromatic nitrogens is 2. The van der Waals surface area contributed by atoms with Gasteiger partial charge < -0.3 is 10.4 Å². The minimum absolute atomic E-state index is 0.0661. The van der Waals surface area contributed by atoms with Crippen molar-refractivity contribution in [3.8, 4) is 0 Å². The number of hydrogen-bond donors (Lipinski definition) is 2. The van der Waals surface area contributed by atoms with E-state index in [1.807, 2.05) is 6.92 Å². The number of benzene rings is 1. The second kappa shape index (κ2) is 8.13. The van der Waals surface area contributed by atoms with Gasteiger partial charge in [-0.2, -0.15) is 5.10 Å². The van der Waals surface area contributed by atoms with Gasteiger partial charge in [0.05, 0.1) is 12.3 Å². The van der Waals surface area contributed by atoms with Crippen molar-refractivity contribution < 1.29 is 9.90 Å². The molecular formula is C18H22ClN3O2. The highest BCUT2D eigenvalue weighted by Crippen LogP contribution is 2.22. The number of nitrogens with one attached hydrogen (secondary N) is 1. The standard InChI is InChI=1S/C18H22ClN3O2/c1-12(2)10-22-18(19)16(13(3)21-22)7-8-17(24)20-15-6-4-5-14(9-15)11-23/h4-9,12,23H,10-11H2,1-3H3,(H,20,24). The molecule has 2 rings (SSSR count). The van der Waals surface area contributed by atoms with Gasteiger partial charge in [0.15, 0.2) is 0 Å². The summed E-state index contributed by atoms with van der Waals surface area (Å²) in [5.41, 5.74) is 2.91. The highest BCUT2D eigenvalue weighted by atomic mass is 35.5. The van der Waals surface area contributed by atoms with Crippen molar-refractivity contribution in [2.45, 2.75) is 33.9 Å². The van der Waals surface area contributed by atoms with Gasteiger partial charge in [-0.3, -0.25) is 9.48 Å². The molecular weight excluding hydrogens is 326 g/mol. The molecule has 24 heavy (non-hydrogen) atoms. The Morgan fingerprint density at radius 1 is 1.46 bits per heavy atom. The molecule has 1 aromatic heterocycles. The molecule has 0 radical (unpaired) electrons. The van der Waals surface area contributed by atoms with Gasteiger partial charge in [-0.05, 0) is 36.6 Å². The van der Waals surface area contributed by atoms with Crippen molar-refractivity contribution >= 4 is 29.3 Å². The number of aryl methyl sites for hydroxylation is 1. The zero-order chi connectivity index (χ0) is 17.7. The van der Waals surface area contributed by atoms with Crippen molar-refractivity contribution in [1.82, 2.24) is 9.78 Å². The summed E-state index contributed by atoms with van der Waals surface area (Å²) >= 11 is 6.35. The maximum absolute atomic E-state index is 12.1. The van der Waals surface area contributed by atoms with Crippen LogP contribution in [0.2, 0.25) is 5.15 Å². The van der Waals surface area contributed by atoms with Gasteiger partial charge in [-0.25, -0.2) is 0 Å². The number of carbonyl (C=O) groups is 1. The average Bonchev–Trinajstić information content (AvgIpc) is 2.79. The summed E-state index contributed by atoms with van der Waals surface area (Å²) in [7, 11) is 0. The zero-order valence-corrected chi connectivity index (χ0v) is 14.8. The van der Waals surface area contributed by atoms with E-state index in [9.17, 15) is 4.79 Å². The Labute approximate surface area is 146 Å². The Morgan fingerprint density at radius 3 is 2.88 bits per heavy atom. The third-order valence-electron chi connectivity index (χ3n) is 3.43. The Morgan fingerprint density at radius 2 is 2.21 bits per heavy atom. The molecule has 0 unspecified atom stereocenters. The largest absolute Gasteiger partial charge is 0.392 e. The van der Waals surface area contributed by atoms with Crippen LogP contribution in [0, 0.1) is 12.8 Å². The van der Waals surface area contributed by atoms with Crippen LogP contribution in [0.25, 0.3) is 6.08 Å². The second-order valence-electron chi connectivity index (χ2n) is 6.05. The van der Waals surface area contributed by atoms with Crippen molar-refractivity contribution in [2.75, 3.05) is 5.32 Å². The molecule has 0 fully saturated rings. The second-order valence-corrected chi connectivity index (χ2v) is 6.40. The molecule has 0 bridgehead atoms. The van der Waals surface area contributed by atoms with Crippen LogP contribution < -0.4 is 5.32 Å². The van der Waals surface area contributed by atoms with Crippen LogP contribution >= 0.6 is 11.6 Å². The van der Waals surface area contributed by atoms with E-state index in [0.717, 1.165) is 23.4 Å². The smallest absolute Gasteiger partial charge is 0.248 e. The topological polar surface area (TPSA) is 67.2 Å². The maximum atomic E-state index is 12.1. The fraction of sp³-hybridized carbons (Fsp3) is 0.333. The molecule has 0 aliphatic carbocycles. The summed E-state index contributed by atoms with van der Waals surface area (Å²) in [6.07, 6.45) is 3.11. The van der Waals surface area contributed by atoms with E-state index in [0.29, 0.717) is 16.8 Å². The van der Waals surface area contributed by atoms with Crippen LogP contribution in [0.4, 0.5) is 5.69 Å². The Balaban J connectivity index is 2.10. The van der Waals surface area contributed by atoms with Gasteiger partial charge in [-0.15, -0.1) is 0 Å². The molecule has 0 saturated carbocycles. The van der Waals surface area contributed by atoms with Crippen LogP contribution in [-0.2, 0) is 17.9 Å². The van der Waals surface area contributed by atoms with E-state index < -0.39 is 0 Å². The monoisotopic (exact) mass is 347 g/mol. The SMILES string of the molecule is Cc1nn(CC(C)C)c(Cl)c1C=CC(=O)Nc1cccc(CO)c1. The molecule has 2 aromatic rings. The number of hydrogen-bond acceptors (Lipinski definition) is 3. The zero-order valence-electron chi connectivity index (χ0n) is 14.1. The lowest BCUT2D eigenvalue weighted by Gasteiger charge is -2.05. The van der Waals surface area contributed by atoms with E-state index in [2.05, 4.69) is 24.3 Å². The Kier molecular flexibility index (Phi) is 6.17. The summed E-state index contributed by atoms with van der Waals surface area (Å²) in [5, 5.41) is 16.8. The first-order valence-electron chi connectivity index (χ1n) is 7.82. The third kappa shape index (κ3) is 4.69. The van der Waals surface area contributed by atoms with Crippen LogP contribution in [0.5, 0.6) is 0 Å². The minimum Gasteiger partial charge on any atom is -0.392 e. The number of aliphatic hydroxyl groups is 1. The molecule has 1 aromatic carbocycles. The molecule has 1 amide bonds. The molecule has 0 atom stereocenters. The van der Waals surface area contributed by atoms with Crippen LogP contribution in [0.1, 0.15) is 30.7 Å². The van der Waals surface area contributed by atoms with Crippen LogP contribution in [-0.4, -0.2) is 20.8 Å². The first kappa shape index (κ1) is 18.2. The fourth-order valence-electron chi connectivity index (χ4n) is 2.31. The van der Waals surface area contributed by atoms with Gasteiger partial charge >= 0.3 is 0 Å². The predicted octanol–water partition coefficient (Wildman–Crippen LogP) is 3.65. The fourth-order valence-corrected chi connectivity index (χ4v) is 2.62. The summed E-state index contributed by atoms with van der Waals surface area (Å²) in [6.45, 7) is 6.72. The van der Waals surface area contributed by atoms with Crippen LogP contribution in [0.15, 0.2) is 30.3 Å². The first-order chi connectivity index (χ1) is 11.4. The van der Waals surface area contributed by atoms with Gasteiger partial charge in [-0.1, -0.05) is 37.6 Å². The summed E-state index contributed by atoms with van der Waals surface area (Å²) in [4.78, 5) is 12.1. The number of halogens is 1. The van der Waals surface area contributed by atoms with Gasteiger partial charge in [0.25, 0.3) is 0 Å². The molecule has 128 valence electrons. The predicted molar refractivity (Wildman–Crippen MR) is 96.8 cm³/mol. The summed E-state index contributed by atoms with van der Waals surface area (Å²) < 4.78 is 1.75. The van der Waals surface area contributed by atoms with Gasteiger partial charge in [0.2, 0.25) is 5.91 Å². The molecule has 0 spiro atoms. The lowest BCUT2D eigenvalue weighted by atomic mass is 10.2. The molecule has 6 heteroatoms. The van der Waals surface area contributed by atoms with Crippen molar-refractivity contribution in [3.63, 3.8) is 0 Å². The molecule has 0 aliphatic rings. The minimum atomic E-state index is -0.267. The molecule has 0 aliphatic heterocycles. The number of carbonyl (C=O) groups excluding carboxylic acids is 1. The molecule has 1 heterocycles. The number of amides is 1. The number of anilines is 1. The summed E-state index contributed by atoms with van der Waals surface area (Å²) in [5.74, 6) is 0.165. The normalized spacial score (nSPS) is 11.4. The van der Waals surface area contributed by atoms with Crippen molar-refractivity contribution in [1.29, 1.82) is 0 Å². The number of nitrogens with zero attached hydrogens (tertiary/aromatic N) is 2. The van der Waals surface area contributed by atoms with Crippen LogP contribution in [0.3, 0.4) is 0 Å². The van der Waals surface area contributed by atoms with Gasteiger partial charge in [0, 0.05) is 23.9 Å². The van der Waals surface area contributed by atoms with Gasteiger partial charge in [0.1, 0.15) is 5.15 Å². The van der Waals surface area contributed by atoms with E-state index in [-0.39, 0.29) is 12.5 Å². The summed E-state index contributed by atoms with van der Waals surface area (Å²) in [6, 6.07) is 7.06. The van der Waals surface area contributed by atoms with E-state index in [1.165, 1.54) is 6.08 Å². The van der Waals surface area contributed by atoms with Crippen molar-refractivity contribution in [2.24, 2.45) is 5.92 Å². The number of aliphatic hydroxyl groups excluding tert-OH is 1.